The summed E-state index contributed by atoms with van der Waals surface area (Å²) in [5.74, 6) is 1.07. The van der Waals surface area contributed by atoms with Crippen LogP contribution in [-0.4, -0.2) is 37.6 Å². The van der Waals surface area contributed by atoms with Crippen molar-refractivity contribution in [2.45, 2.75) is 19.8 Å². The molecule has 1 atom stereocenters. The molecule has 1 amide bonds. The van der Waals surface area contributed by atoms with Gasteiger partial charge < -0.3 is 15.0 Å². The number of aromatic nitrogens is 1. The zero-order valence-corrected chi connectivity index (χ0v) is 13.8. The van der Waals surface area contributed by atoms with E-state index >= 15 is 0 Å². The highest BCUT2D eigenvalue weighted by Crippen LogP contribution is 2.33. The van der Waals surface area contributed by atoms with Crippen molar-refractivity contribution in [2.24, 2.45) is 5.92 Å². The van der Waals surface area contributed by atoms with Gasteiger partial charge in [-0.2, -0.15) is 0 Å². The largest absolute Gasteiger partial charge is 0.494 e. The van der Waals surface area contributed by atoms with Gasteiger partial charge in [0.05, 0.1) is 22.7 Å². The molecular formula is C16H21N3O2S. The molecule has 22 heavy (non-hydrogen) atoms. The molecule has 1 unspecified atom stereocenters. The van der Waals surface area contributed by atoms with Crippen molar-refractivity contribution < 1.29 is 9.53 Å². The smallest absolute Gasteiger partial charge is 0.224 e. The number of ether oxygens (including phenoxy) is 1. The first-order valence-corrected chi connectivity index (χ1v) is 8.53. The number of thiazole rings is 1. The number of hydrogen-bond donors (Lipinski definition) is 1. The van der Waals surface area contributed by atoms with Gasteiger partial charge >= 0.3 is 0 Å². The lowest BCUT2D eigenvalue weighted by atomic mass is 9.98. The topological polar surface area (TPSA) is 54.5 Å². The fourth-order valence-corrected chi connectivity index (χ4v) is 3.88. The molecule has 0 radical (unpaired) electrons. The first-order chi connectivity index (χ1) is 10.7. The maximum absolute atomic E-state index is 11.9. The highest BCUT2D eigenvalue weighted by atomic mass is 32.1. The van der Waals surface area contributed by atoms with Crippen LogP contribution in [0, 0.1) is 5.92 Å². The van der Waals surface area contributed by atoms with Crippen molar-refractivity contribution in [2.75, 3.05) is 31.6 Å². The molecular weight excluding hydrogens is 298 g/mol. The van der Waals surface area contributed by atoms with Gasteiger partial charge in [-0.3, -0.25) is 4.79 Å². The second-order valence-corrected chi connectivity index (χ2v) is 6.47. The van der Waals surface area contributed by atoms with E-state index in [0.29, 0.717) is 6.61 Å². The maximum Gasteiger partial charge on any atom is 0.224 e. The molecule has 5 nitrogen and oxygen atoms in total. The summed E-state index contributed by atoms with van der Waals surface area (Å²) in [6.45, 7) is 4.36. The Hall–Kier alpha value is -1.82. The van der Waals surface area contributed by atoms with Crippen LogP contribution in [0.2, 0.25) is 0 Å². The molecule has 1 saturated heterocycles. The molecule has 6 heteroatoms. The summed E-state index contributed by atoms with van der Waals surface area (Å²) in [6, 6.07) is 6.00. The van der Waals surface area contributed by atoms with E-state index in [0.717, 1.165) is 47.0 Å². The molecule has 1 aromatic heterocycles. The van der Waals surface area contributed by atoms with Crippen LogP contribution in [0.3, 0.4) is 0 Å². The third-order valence-electron chi connectivity index (χ3n) is 3.97. The standard InChI is InChI=1S/C16H21N3O2S/c1-3-21-12-6-7-13-14(9-12)22-16(18-13)19-8-4-5-11(10-19)15(20)17-2/h6-7,9,11H,3-5,8,10H2,1-2H3,(H,17,20). The number of fused-ring (bicyclic) bond motifs is 1. The molecule has 1 aliphatic rings. The number of nitrogens with zero attached hydrogens (tertiary/aromatic N) is 2. The van der Waals surface area contributed by atoms with Gasteiger partial charge in [0.1, 0.15) is 5.75 Å². The normalized spacial score (nSPS) is 18.5. The molecule has 1 aliphatic heterocycles. The number of amides is 1. The van der Waals surface area contributed by atoms with Crippen molar-refractivity contribution in [3.8, 4) is 5.75 Å². The van der Waals surface area contributed by atoms with E-state index in [-0.39, 0.29) is 11.8 Å². The SMILES string of the molecule is CCOc1ccc2nc(N3CCCC(C(=O)NC)C3)sc2c1. The number of carbonyl (C=O) groups is 1. The monoisotopic (exact) mass is 319 g/mol. The van der Waals surface area contributed by atoms with E-state index in [9.17, 15) is 4.79 Å². The summed E-state index contributed by atoms with van der Waals surface area (Å²) in [5, 5.41) is 3.75. The summed E-state index contributed by atoms with van der Waals surface area (Å²) < 4.78 is 6.67. The molecule has 0 saturated carbocycles. The Morgan fingerprint density at radius 2 is 2.41 bits per heavy atom. The van der Waals surface area contributed by atoms with E-state index in [2.05, 4.69) is 10.2 Å². The van der Waals surface area contributed by atoms with Crippen molar-refractivity contribution >= 4 is 32.6 Å². The summed E-state index contributed by atoms with van der Waals surface area (Å²) in [7, 11) is 1.70. The second kappa shape index (κ2) is 6.52. The maximum atomic E-state index is 11.9. The first-order valence-electron chi connectivity index (χ1n) is 7.71. The average Bonchev–Trinajstić information content (AvgIpc) is 2.98. The van der Waals surface area contributed by atoms with Crippen LogP contribution in [0.15, 0.2) is 18.2 Å². The van der Waals surface area contributed by atoms with E-state index in [1.54, 1.807) is 18.4 Å². The lowest BCUT2D eigenvalue weighted by Crippen LogP contribution is -2.42. The zero-order chi connectivity index (χ0) is 15.5. The third-order valence-corrected chi connectivity index (χ3v) is 5.05. The minimum absolute atomic E-state index is 0.0600. The van der Waals surface area contributed by atoms with Crippen LogP contribution < -0.4 is 15.0 Å². The Labute approximate surface area is 134 Å². The summed E-state index contributed by atoms with van der Waals surface area (Å²) >= 11 is 1.67. The Bertz CT molecular complexity index is 670. The predicted octanol–water partition coefficient (Wildman–Crippen LogP) is 2.66. The van der Waals surface area contributed by atoms with Crippen LogP contribution in [0.25, 0.3) is 10.2 Å². The molecule has 0 spiro atoms. The Morgan fingerprint density at radius 3 is 3.18 bits per heavy atom. The summed E-state index contributed by atoms with van der Waals surface area (Å²) in [6.07, 6.45) is 1.98. The van der Waals surface area contributed by atoms with E-state index in [4.69, 9.17) is 9.72 Å². The van der Waals surface area contributed by atoms with E-state index in [1.807, 2.05) is 25.1 Å². The van der Waals surface area contributed by atoms with Gasteiger partial charge in [-0.1, -0.05) is 11.3 Å². The summed E-state index contributed by atoms with van der Waals surface area (Å²) in [5.41, 5.74) is 0.991. The molecule has 2 heterocycles. The average molecular weight is 319 g/mol. The summed E-state index contributed by atoms with van der Waals surface area (Å²) in [4.78, 5) is 18.8. The molecule has 0 aliphatic carbocycles. The number of hydrogen-bond acceptors (Lipinski definition) is 5. The highest BCUT2D eigenvalue weighted by Gasteiger charge is 2.26. The molecule has 3 rings (SSSR count). The Kier molecular flexibility index (Phi) is 4.47. The number of benzene rings is 1. The van der Waals surface area contributed by atoms with E-state index in [1.165, 1.54) is 0 Å². The van der Waals surface area contributed by atoms with Crippen molar-refractivity contribution in [3.63, 3.8) is 0 Å². The number of piperidine rings is 1. The predicted molar refractivity (Wildman–Crippen MR) is 89.8 cm³/mol. The van der Waals surface area contributed by atoms with Crippen molar-refractivity contribution in [1.82, 2.24) is 10.3 Å². The molecule has 1 fully saturated rings. The van der Waals surface area contributed by atoms with Crippen LogP contribution >= 0.6 is 11.3 Å². The Balaban J connectivity index is 1.81. The molecule has 1 aromatic carbocycles. The lowest BCUT2D eigenvalue weighted by molar-refractivity contribution is -0.124. The van der Waals surface area contributed by atoms with Gasteiger partial charge in [0.25, 0.3) is 0 Å². The lowest BCUT2D eigenvalue weighted by Gasteiger charge is -2.31. The number of anilines is 1. The zero-order valence-electron chi connectivity index (χ0n) is 13.0. The minimum Gasteiger partial charge on any atom is -0.494 e. The number of carbonyl (C=O) groups excluding carboxylic acids is 1. The molecule has 2 aromatic rings. The van der Waals surface area contributed by atoms with E-state index < -0.39 is 0 Å². The van der Waals surface area contributed by atoms with Crippen molar-refractivity contribution in [3.05, 3.63) is 18.2 Å². The van der Waals surface area contributed by atoms with Gasteiger partial charge in [-0.25, -0.2) is 4.98 Å². The fraction of sp³-hybridized carbons (Fsp3) is 0.500. The van der Waals surface area contributed by atoms with Crippen LogP contribution in [0.1, 0.15) is 19.8 Å². The molecule has 118 valence electrons. The molecule has 1 N–H and O–H groups in total. The second-order valence-electron chi connectivity index (χ2n) is 5.46. The van der Waals surface area contributed by atoms with Gasteiger partial charge in [0, 0.05) is 20.1 Å². The minimum atomic E-state index is 0.0600. The third kappa shape index (κ3) is 3.02. The van der Waals surface area contributed by atoms with Crippen LogP contribution in [0.4, 0.5) is 5.13 Å². The number of rotatable bonds is 4. The van der Waals surface area contributed by atoms with Crippen LogP contribution in [-0.2, 0) is 4.79 Å². The molecule has 0 bridgehead atoms. The quantitative estimate of drug-likeness (QED) is 0.941. The first kappa shape index (κ1) is 15.1. The van der Waals surface area contributed by atoms with Gasteiger partial charge in [-0.15, -0.1) is 0 Å². The highest BCUT2D eigenvalue weighted by molar-refractivity contribution is 7.22. The van der Waals surface area contributed by atoms with Gasteiger partial charge in [0.2, 0.25) is 5.91 Å². The fourth-order valence-electron chi connectivity index (χ4n) is 2.85. The van der Waals surface area contributed by atoms with Gasteiger partial charge in [-0.05, 0) is 38.0 Å². The number of nitrogens with one attached hydrogen (secondary N) is 1. The van der Waals surface area contributed by atoms with Crippen LogP contribution in [0.5, 0.6) is 5.75 Å². The van der Waals surface area contributed by atoms with Crippen molar-refractivity contribution in [1.29, 1.82) is 0 Å². The van der Waals surface area contributed by atoms with Gasteiger partial charge in [0.15, 0.2) is 5.13 Å². The Morgan fingerprint density at radius 1 is 1.55 bits per heavy atom.